The van der Waals surface area contributed by atoms with E-state index in [1.807, 2.05) is 16.7 Å². The lowest BCUT2D eigenvalue weighted by Gasteiger charge is -2.39. The van der Waals surface area contributed by atoms with Crippen LogP contribution < -0.4 is 0 Å². The summed E-state index contributed by atoms with van der Waals surface area (Å²) in [6.07, 6.45) is 2.07. The molecule has 0 spiro atoms. The number of hydrogen-bond donors (Lipinski definition) is 1. The second-order valence-electron chi connectivity index (χ2n) is 7.49. The number of furan rings is 1. The van der Waals surface area contributed by atoms with Gasteiger partial charge in [-0.15, -0.1) is 24.2 Å². The monoisotopic (exact) mass is 422 g/mol. The maximum absolute atomic E-state index is 12.4. The molecule has 5 nitrogen and oxygen atoms in total. The van der Waals surface area contributed by atoms with Crippen molar-refractivity contribution >= 4 is 30.1 Å². The summed E-state index contributed by atoms with van der Waals surface area (Å²) < 4.78 is 5.22. The molecule has 2 aliphatic heterocycles. The topological polar surface area (TPSA) is 56.9 Å². The van der Waals surface area contributed by atoms with Crippen LogP contribution in [0.4, 0.5) is 0 Å². The molecule has 1 saturated heterocycles. The van der Waals surface area contributed by atoms with Gasteiger partial charge in [0.15, 0.2) is 5.76 Å². The predicted molar refractivity (Wildman–Crippen MR) is 113 cm³/mol. The molecule has 1 amide bonds. The van der Waals surface area contributed by atoms with Gasteiger partial charge in [-0.1, -0.05) is 19.1 Å². The number of aliphatic hydroxyl groups excluding tert-OH is 1. The van der Waals surface area contributed by atoms with Crippen LogP contribution in [0.3, 0.4) is 0 Å². The number of carbonyl (C=O) groups excluding carboxylic acids is 1. The molecular weight excluding hydrogens is 396 g/mol. The molecular formula is C21H27ClN2O3S. The van der Waals surface area contributed by atoms with Gasteiger partial charge in [0.05, 0.1) is 12.4 Å². The Hall–Kier alpha value is -1.47. The Balaban J connectivity index is 0.00000225. The number of rotatable bonds is 4. The summed E-state index contributed by atoms with van der Waals surface area (Å²) in [4.78, 5) is 17.8. The largest absolute Gasteiger partial charge is 0.459 e. The van der Waals surface area contributed by atoms with E-state index >= 15 is 0 Å². The number of thioether (sulfide) groups is 1. The molecule has 2 aromatic rings. The van der Waals surface area contributed by atoms with Crippen molar-refractivity contribution in [2.24, 2.45) is 0 Å². The van der Waals surface area contributed by atoms with Crippen molar-refractivity contribution in [3.63, 3.8) is 0 Å². The summed E-state index contributed by atoms with van der Waals surface area (Å²) in [5.74, 6) is 0.333. The molecule has 3 unspecified atom stereocenters. The van der Waals surface area contributed by atoms with E-state index in [0.717, 1.165) is 25.1 Å². The van der Waals surface area contributed by atoms with Gasteiger partial charge in [-0.05, 0) is 42.7 Å². The molecule has 1 N–H and O–H groups in total. The van der Waals surface area contributed by atoms with E-state index in [1.165, 1.54) is 16.7 Å². The third-order valence-electron chi connectivity index (χ3n) is 5.63. The summed E-state index contributed by atoms with van der Waals surface area (Å²) in [5, 5.41) is 11.5. The molecule has 0 saturated carbocycles. The standard InChI is InChI=1S/C21H26N2O3S.ClH/c1-14-12-17-13-16(5-6-19(17)27-14)20(24)15(2)22-7-9-23(10-8-22)21(25)18-4-3-11-26-18;/h3-6,11,13-15,20,24H,7-10,12H2,1-2H3;1H. The van der Waals surface area contributed by atoms with E-state index in [0.29, 0.717) is 24.1 Å². The van der Waals surface area contributed by atoms with Crippen LogP contribution in [0.5, 0.6) is 0 Å². The van der Waals surface area contributed by atoms with Crippen LogP contribution in [0, 0.1) is 0 Å². The van der Waals surface area contributed by atoms with Crippen LogP contribution >= 0.6 is 24.2 Å². The molecule has 1 fully saturated rings. The van der Waals surface area contributed by atoms with E-state index in [1.54, 1.807) is 12.1 Å². The van der Waals surface area contributed by atoms with E-state index in [-0.39, 0.29) is 24.4 Å². The first-order valence-electron chi connectivity index (χ1n) is 9.57. The normalized spacial score (nSPS) is 21.7. The van der Waals surface area contributed by atoms with Crippen LogP contribution in [-0.2, 0) is 6.42 Å². The second kappa shape index (κ2) is 8.91. The third kappa shape index (κ3) is 4.25. The van der Waals surface area contributed by atoms with Crippen LogP contribution in [0.25, 0.3) is 0 Å². The molecule has 4 rings (SSSR count). The summed E-state index contributed by atoms with van der Waals surface area (Å²) >= 11 is 1.91. The fourth-order valence-corrected chi connectivity index (χ4v) is 5.13. The second-order valence-corrected chi connectivity index (χ2v) is 8.97. The maximum Gasteiger partial charge on any atom is 0.289 e. The van der Waals surface area contributed by atoms with Crippen molar-refractivity contribution in [2.45, 2.75) is 42.6 Å². The average molecular weight is 423 g/mol. The quantitative estimate of drug-likeness (QED) is 0.815. The molecule has 7 heteroatoms. The number of fused-ring (bicyclic) bond motifs is 1. The molecule has 0 aliphatic carbocycles. The maximum atomic E-state index is 12.4. The number of halogens is 1. The van der Waals surface area contributed by atoms with E-state index < -0.39 is 6.10 Å². The Morgan fingerprint density at radius 1 is 1.25 bits per heavy atom. The van der Waals surface area contributed by atoms with Crippen LogP contribution in [-0.4, -0.2) is 58.3 Å². The number of piperazine rings is 1. The number of hydrogen-bond acceptors (Lipinski definition) is 5. The lowest BCUT2D eigenvalue weighted by atomic mass is 9.98. The molecule has 1 aromatic carbocycles. The lowest BCUT2D eigenvalue weighted by molar-refractivity contribution is 0.0233. The Bertz CT molecular complexity index is 806. The van der Waals surface area contributed by atoms with Gasteiger partial charge in [-0.3, -0.25) is 9.69 Å². The minimum atomic E-state index is -0.525. The summed E-state index contributed by atoms with van der Waals surface area (Å²) in [6.45, 7) is 7.11. The Labute approximate surface area is 176 Å². The average Bonchev–Trinajstić information content (AvgIpc) is 3.34. The number of benzene rings is 1. The van der Waals surface area contributed by atoms with Gasteiger partial charge in [0.1, 0.15) is 0 Å². The van der Waals surface area contributed by atoms with Gasteiger partial charge in [0.25, 0.3) is 5.91 Å². The molecule has 0 radical (unpaired) electrons. The Kier molecular flexibility index (Phi) is 6.76. The molecule has 2 aliphatic rings. The Morgan fingerprint density at radius 2 is 2.00 bits per heavy atom. The Morgan fingerprint density at radius 3 is 2.68 bits per heavy atom. The smallest absolute Gasteiger partial charge is 0.289 e. The van der Waals surface area contributed by atoms with Crippen LogP contribution in [0.1, 0.15) is 41.6 Å². The van der Waals surface area contributed by atoms with Gasteiger partial charge >= 0.3 is 0 Å². The SMILES string of the molecule is CC1Cc2cc(C(O)C(C)N3CCN(C(=O)c4ccco4)CC3)ccc2S1.Cl. The zero-order chi connectivity index (χ0) is 19.0. The van der Waals surface area contributed by atoms with Gasteiger partial charge in [-0.25, -0.2) is 0 Å². The molecule has 0 bridgehead atoms. The lowest BCUT2D eigenvalue weighted by Crippen LogP contribution is -2.52. The van der Waals surface area contributed by atoms with E-state index in [2.05, 4.69) is 36.9 Å². The molecule has 3 heterocycles. The molecule has 152 valence electrons. The van der Waals surface area contributed by atoms with Crippen molar-refractivity contribution in [3.05, 3.63) is 53.5 Å². The summed E-state index contributed by atoms with van der Waals surface area (Å²) in [7, 11) is 0. The van der Waals surface area contributed by atoms with Crippen LogP contribution in [0.2, 0.25) is 0 Å². The zero-order valence-corrected chi connectivity index (χ0v) is 17.8. The first-order valence-corrected chi connectivity index (χ1v) is 10.5. The number of amides is 1. The molecule has 3 atom stereocenters. The minimum absolute atomic E-state index is 0. The first kappa shape index (κ1) is 21.2. The fourth-order valence-electron chi connectivity index (χ4n) is 3.99. The minimum Gasteiger partial charge on any atom is -0.459 e. The van der Waals surface area contributed by atoms with Gasteiger partial charge in [-0.2, -0.15) is 0 Å². The highest BCUT2D eigenvalue weighted by Crippen LogP contribution is 2.38. The van der Waals surface area contributed by atoms with Crippen molar-refractivity contribution < 1.29 is 14.3 Å². The van der Waals surface area contributed by atoms with Crippen molar-refractivity contribution in [1.82, 2.24) is 9.80 Å². The highest BCUT2D eigenvalue weighted by atomic mass is 35.5. The van der Waals surface area contributed by atoms with Gasteiger partial charge in [0.2, 0.25) is 0 Å². The highest BCUT2D eigenvalue weighted by Gasteiger charge is 2.30. The first-order chi connectivity index (χ1) is 13.0. The van der Waals surface area contributed by atoms with Crippen molar-refractivity contribution in [1.29, 1.82) is 0 Å². The number of nitrogens with zero attached hydrogens (tertiary/aromatic N) is 2. The third-order valence-corrected chi connectivity index (χ3v) is 6.85. The number of aliphatic hydroxyl groups is 1. The summed E-state index contributed by atoms with van der Waals surface area (Å²) in [6, 6.07) is 9.82. The van der Waals surface area contributed by atoms with Crippen molar-refractivity contribution in [2.75, 3.05) is 26.2 Å². The van der Waals surface area contributed by atoms with E-state index in [9.17, 15) is 9.90 Å². The van der Waals surface area contributed by atoms with Gasteiger partial charge < -0.3 is 14.4 Å². The van der Waals surface area contributed by atoms with Crippen LogP contribution in [0.15, 0.2) is 45.9 Å². The molecule has 1 aromatic heterocycles. The van der Waals surface area contributed by atoms with E-state index in [4.69, 9.17) is 4.42 Å². The summed E-state index contributed by atoms with van der Waals surface area (Å²) in [5.41, 5.74) is 2.34. The predicted octanol–water partition coefficient (Wildman–Crippen LogP) is 3.62. The molecule has 28 heavy (non-hydrogen) atoms. The highest BCUT2D eigenvalue weighted by molar-refractivity contribution is 8.00. The fraction of sp³-hybridized carbons (Fsp3) is 0.476. The van der Waals surface area contributed by atoms with Gasteiger partial charge in [0, 0.05) is 42.4 Å². The number of carbonyl (C=O) groups is 1. The zero-order valence-electron chi connectivity index (χ0n) is 16.2. The van der Waals surface area contributed by atoms with Crippen molar-refractivity contribution in [3.8, 4) is 0 Å².